The summed E-state index contributed by atoms with van der Waals surface area (Å²) in [6, 6.07) is 14.1. The smallest absolute Gasteiger partial charge is 0.246 e. The molecule has 0 aromatic heterocycles. The first-order valence-corrected chi connectivity index (χ1v) is 6.76. The van der Waals surface area contributed by atoms with Gasteiger partial charge in [0.1, 0.15) is 12.4 Å². The maximum absolute atomic E-state index is 7.15. The monoisotopic (exact) mass is 265 g/mol. The van der Waals surface area contributed by atoms with Gasteiger partial charge in [-0.3, -0.25) is 0 Å². The number of hydrogen-bond donors (Lipinski definition) is 0. The van der Waals surface area contributed by atoms with Crippen molar-refractivity contribution >= 4 is 0 Å². The molecule has 0 fully saturated rings. The molecule has 0 saturated carbocycles. The minimum absolute atomic E-state index is 0.100. The highest BCUT2D eigenvalue weighted by Gasteiger charge is 2.14. The van der Waals surface area contributed by atoms with Gasteiger partial charge in [-0.25, -0.2) is 6.57 Å². The number of ether oxygens (including phenoxy) is 1. The van der Waals surface area contributed by atoms with E-state index in [0.29, 0.717) is 6.61 Å². The Morgan fingerprint density at radius 3 is 2.45 bits per heavy atom. The highest BCUT2D eigenvalue weighted by atomic mass is 16.5. The molecule has 1 unspecified atom stereocenters. The van der Waals surface area contributed by atoms with Crippen LogP contribution in [0.1, 0.15) is 35.2 Å². The number of hydrogen-bond acceptors (Lipinski definition) is 1. The predicted molar refractivity (Wildman–Crippen MR) is 81.7 cm³/mol. The molecule has 0 aliphatic heterocycles. The van der Waals surface area contributed by atoms with Gasteiger partial charge in [0.05, 0.1) is 0 Å². The van der Waals surface area contributed by atoms with E-state index in [1.807, 2.05) is 45.0 Å². The molecule has 0 aliphatic carbocycles. The molecule has 2 nitrogen and oxygen atoms in total. The second kappa shape index (κ2) is 6.25. The fourth-order valence-electron chi connectivity index (χ4n) is 2.22. The summed E-state index contributed by atoms with van der Waals surface area (Å²) in [6.07, 6.45) is 0. The van der Waals surface area contributed by atoms with Crippen molar-refractivity contribution in [2.75, 3.05) is 0 Å². The Bertz CT molecular complexity index is 626. The largest absolute Gasteiger partial charge is 0.489 e. The fourth-order valence-corrected chi connectivity index (χ4v) is 2.22. The number of aryl methyl sites for hydroxylation is 2. The summed E-state index contributed by atoms with van der Waals surface area (Å²) >= 11 is 0. The molecule has 0 bridgehead atoms. The minimum Gasteiger partial charge on any atom is -0.489 e. The summed E-state index contributed by atoms with van der Waals surface area (Å²) in [5, 5.41) is 0. The SMILES string of the molecule is [C-]#[N+]C(C)c1cc(C)c(OCc2ccccc2)cc1C. The third kappa shape index (κ3) is 3.19. The van der Waals surface area contributed by atoms with Crippen molar-refractivity contribution in [3.05, 3.63) is 76.1 Å². The average Bonchev–Trinajstić information content (AvgIpc) is 2.48. The first kappa shape index (κ1) is 14.1. The zero-order valence-corrected chi connectivity index (χ0v) is 12.2. The van der Waals surface area contributed by atoms with Crippen LogP contribution in [-0.2, 0) is 6.61 Å². The van der Waals surface area contributed by atoms with Crippen LogP contribution in [0.15, 0.2) is 42.5 Å². The number of benzene rings is 2. The van der Waals surface area contributed by atoms with Gasteiger partial charge in [0.15, 0.2) is 0 Å². The Morgan fingerprint density at radius 2 is 1.80 bits per heavy atom. The lowest BCUT2D eigenvalue weighted by Gasteiger charge is -2.13. The van der Waals surface area contributed by atoms with Gasteiger partial charge in [-0.1, -0.05) is 30.3 Å². The number of nitrogens with zero attached hydrogens (tertiary/aromatic N) is 1. The Morgan fingerprint density at radius 1 is 1.10 bits per heavy atom. The highest BCUT2D eigenvalue weighted by molar-refractivity contribution is 5.43. The summed E-state index contributed by atoms with van der Waals surface area (Å²) in [4.78, 5) is 3.59. The molecule has 0 N–H and O–H groups in total. The Hall–Kier alpha value is -2.27. The van der Waals surface area contributed by atoms with Crippen molar-refractivity contribution in [3.8, 4) is 5.75 Å². The van der Waals surface area contributed by atoms with Crippen LogP contribution in [0.4, 0.5) is 0 Å². The van der Waals surface area contributed by atoms with E-state index in [9.17, 15) is 0 Å². The molecule has 20 heavy (non-hydrogen) atoms. The first-order valence-electron chi connectivity index (χ1n) is 6.76. The summed E-state index contributed by atoms with van der Waals surface area (Å²) in [7, 11) is 0. The summed E-state index contributed by atoms with van der Waals surface area (Å²) in [6.45, 7) is 13.7. The molecule has 0 heterocycles. The maximum Gasteiger partial charge on any atom is 0.246 e. The lowest BCUT2D eigenvalue weighted by atomic mass is 9.99. The molecular formula is C18H19NO. The molecular weight excluding hydrogens is 246 g/mol. The molecule has 2 heteroatoms. The molecule has 0 spiro atoms. The van der Waals surface area contributed by atoms with E-state index >= 15 is 0 Å². The van der Waals surface area contributed by atoms with E-state index in [-0.39, 0.29) is 6.04 Å². The molecule has 1 atom stereocenters. The van der Waals surface area contributed by atoms with Crippen LogP contribution >= 0.6 is 0 Å². The topological polar surface area (TPSA) is 13.6 Å². The summed E-state index contributed by atoms with van der Waals surface area (Å²) in [5.74, 6) is 0.896. The van der Waals surface area contributed by atoms with Crippen LogP contribution in [0.25, 0.3) is 4.85 Å². The Balaban J connectivity index is 2.18. The van der Waals surface area contributed by atoms with E-state index in [0.717, 1.165) is 28.0 Å². The molecule has 0 amide bonds. The Kier molecular flexibility index (Phi) is 4.42. The normalized spacial score (nSPS) is 11.7. The number of rotatable bonds is 4. The van der Waals surface area contributed by atoms with Crippen LogP contribution in [0.3, 0.4) is 0 Å². The molecule has 2 aromatic rings. The minimum atomic E-state index is -0.100. The summed E-state index contributed by atoms with van der Waals surface area (Å²) < 4.78 is 5.89. The van der Waals surface area contributed by atoms with Gasteiger partial charge in [-0.15, -0.1) is 0 Å². The van der Waals surface area contributed by atoms with Crippen molar-refractivity contribution in [2.24, 2.45) is 0 Å². The van der Waals surface area contributed by atoms with Gasteiger partial charge >= 0.3 is 0 Å². The Labute approximate surface area is 120 Å². The lowest BCUT2D eigenvalue weighted by Crippen LogP contribution is -2.00. The van der Waals surface area contributed by atoms with Gasteiger partial charge in [0.2, 0.25) is 6.04 Å². The zero-order valence-electron chi connectivity index (χ0n) is 12.2. The molecule has 2 aromatic carbocycles. The predicted octanol–water partition coefficient (Wildman–Crippen LogP) is 4.86. The van der Waals surface area contributed by atoms with Crippen LogP contribution in [0.2, 0.25) is 0 Å². The van der Waals surface area contributed by atoms with Gasteiger partial charge in [-0.2, -0.15) is 0 Å². The summed E-state index contributed by atoms with van der Waals surface area (Å²) in [5.41, 5.74) is 4.44. The van der Waals surface area contributed by atoms with Gasteiger partial charge < -0.3 is 9.58 Å². The lowest BCUT2D eigenvalue weighted by molar-refractivity contribution is 0.304. The fraction of sp³-hybridized carbons (Fsp3) is 0.278. The quantitative estimate of drug-likeness (QED) is 0.719. The molecule has 0 aliphatic rings. The van der Waals surface area contributed by atoms with Crippen molar-refractivity contribution in [3.63, 3.8) is 0 Å². The van der Waals surface area contributed by atoms with Gasteiger partial charge in [0.25, 0.3) is 0 Å². The van der Waals surface area contributed by atoms with E-state index in [2.05, 4.69) is 23.0 Å². The average molecular weight is 265 g/mol. The third-order valence-electron chi connectivity index (χ3n) is 3.44. The van der Waals surface area contributed by atoms with Crippen molar-refractivity contribution in [2.45, 2.75) is 33.4 Å². The second-order valence-electron chi connectivity index (χ2n) is 5.05. The van der Waals surface area contributed by atoms with E-state index in [1.54, 1.807) is 0 Å². The molecule has 102 valence electrons. The zero-order chi connectivity index (χ0) is 14.5. The van der Waals surface area contributed by atoms with E-state index in [4.69, 9.17) is 11.3 Å². The van der Waals surface area contributed by atoms with Crippen molar-refractivity contribution in [1.82, 2.24) is 0 Å². The van der Waals surface area contributed by atoms with Crippen LogP contribution in [0, 0.1) is 20.4 Å². The van der Waals surface area contributed by atoms with Crippen molar-refractivity contribution in [1.29, 1.82) is 0 Å². The maximum atomic E-state index is 7.15. The second-order valence-corrected chi connectivity index (χ2v) is 5.05. The standard InChI is InChI=1S/C18H19NO/c1-13-11-18(14(2)10-17(13)15(3)19-4)20-12-16-8-6-5-7-9-16/h5-11,15H,12H2,1-3H3. The highest BCUT2D eigenvalue weighted by Crippen LogP contribution is 2.28. The first-order chi connectivity index (χ1) is 9.61. The molecule has 2 rings (SSSR count). The third-order valence-corrected chi connectivity index (χ3v) is 3.44. The van der Waals surface area contributed by atoms with E-state index < -0.39 is 0 Å². The van der Waals surface area contributed by atoms with Gasteiger partial charge in [0, 0.05) is 12.5 Å². The van der Waals surface area contributed by atoms with Crippen LogP contribution in [0.5, 0.6) is 5.75 Å². The molecule has 0 radical (unpaired) electrons. The van der Waals surface area contributed by atoms with Crippen molar-refractivity contribution < 1.29 is 4.74 Å². The van der Waals surface area contributed by atoms with Crippen LogP contribution < -0.4 is 4.74 Å². The van der Waals surface area contributed by atoms with Crippen LogP contribution in [-0.4, -0.2) is 0 Å². The van der Waals surface area contributed by atoms with Gasteiger partial charge in [-0.05, 0) is 42.7 Å². The van der Waals surface area contributed by atoms with E-state index in [1.165, 1.54) is 0 Å². The molecule has 0 saturated heterocycles.